The fraction of sp³-hybridized carbons (Fsp3) is 0.679. The molecule has 0 aromatic heterocycles. The van der Waals surface area contributed by atoms with E-state index in [1.54, 1.807) is 5.56 Å². The summed E-state index contributed by atoms with van der Waals surface area (Å²) in [7, 11) is 0. The van der Waals surface area contributed by atoms with Gasteiger partial charge in [-0.1, -0.05) is 59.6 Å². The van der Waals surface area contributed by atoms with Crippen molar-refractivity contribution in [3.05, 3.63) is 40.6 Å². The summed E-state index contributed by atoms with van der Waals surface area (Å²) in [5, 5.41) is 9.64. The highest BCUT2D eigenvalue weighted by Gasteiger charge is 2.51. The van der Waals surface area contributed by atoms with E-state index in [-0.39, 0.29) is 5.78 Å². The second kappa shape index (κ2) is 8.17. The molecule has 0 heterocycles. The maximum absolute atomic E-state index is 12.2. The first kappa shape index (κ1) is 21.7. The lowest BCUT2D eigenvalue weighted by molar-refractivity contribution is -0.114. The van der Waals surface area contributed by atoms with Gasteiger partial charge in [-0.25, -0.2) is 0 Å². The standard InChI is InChI=1S/C28H40O2/c1-17(2)18(3)6-7-19(4)25-11-12-26-23-9-8-21-20(10-13-27(30)24(21)16-29)22(23)14-15-28(25,26)5/h8-9,16-19,25-26,29H,6-7,10-15H2,1-5H3/b24-16+/t18-,19+,25?,26?,28?/m0/s1. The number of hydrogen-bond acceptors (Lipinski definition) is 2. The number of benzene rings is 1. The summed E-state index contributed by atoms with van der Waals surface area (Å²) >= 11 is 0. The number of hydrogen-bond donors (Lipinski definition) is 1. The van der Waals surface area contributed by atoms with E-state index >= 15 is 0 Å². The molecule has 1 saturated carbocycles. The van der Waals surface area contributed by atoms with Gasteiger partial charge in [-0.05, 0) is 89.4 Å². The molecule has 2 nitrogen and oxygen atoms in total. The van der Waals surface area contributed by atoms with Gasteiger partial charge in [0, 0.05) is 6.42 Å². The maximum atomic E-state index is 12.2. The zero-order valence-electron chi connectivity index (χ0n) is 19.6. The van der Waals surface area contributed by atoms with Gasteiger partial charge >= 0.3 is 0 Å². The fourth-order valence-corrected chi connectivity index (χ4v) is 7.06. The number of ketones is 1. The molecule has 4 rings (SSSR count). The number of fused-ring (bicyclic) bond motifs is 5. The number of carbonyl (C=O) groups is 1. The van der Waals surface area contributed by atoms with Gasteiger partial charge < -0.3 is 5.11 Å². The van der Waals surface area contributed by atoms with Gasteiger partial charge in [-0.15, -0.1) is 0 Å². The van der Waals surface area contributed by atoms with Crippen molar-refractivity contribution in [2.24, 2.45) is 29.1 Å². The van der Waals surface area contributed by atoms with Gasteiger partial charge in [0.05, 0.1) is 11.8 Å². The van der Waals surface area contributed by atoms with E-state index in [9.17, 15) is 9.90 Å². The second-order valence-electron chi connectivity index (χ2n) is 11.1. The summed E-state index contributed by atoms with van der Waals surface area (Å²) in [5.41, 5.74) is 6.31. The van der Waals surface area contributed by atoms with E-state index in [1.807, 2.05) is 0 Å². The van der Waals surface area contributed by atoms with Crippen LogP contribution in [0.2, 0.25) is 0 Å². The molecule has 1 N–H and O–H groups in total. The van der Waals surface area contributed by atoms with Crippen molar-refractivity contribution in [2.45, 2.75) is 91.9 Å². The molecule has 0 amide bonds. The topological polar surface area (TPSA) is 37.3 Å². The van der Waals surface area contributed by atoms with Crippen LogP contribution in [0.4, 0.5) is 0 Å². The number of rotatable bonds is 5. The van der Waals surface area contributed by atoms with Gasteiger partial charge in [-0.2, -0.15) is 0 Å². The Balaban J connectivity index is 1.59. The van der Waals surface area contributed by atoms with Gasteiger partial charge in [0.2, 0.25) is 0 Å². The Bertz CT molecular complexity index is 848. The van der Waals surface area contributed by atoms with Crippen LogP contribution < -0.4 is 0 Å². The molecule has 5 atom stereocenters. The third kappa shape index (κ3) is 3.45. The van der Waals surface area contributed by atoms with Gasteiger partial charge in [0.1, 0.15) is 0 Å². The van der Waals surface area contributed by atoms with Crippen molar-refractivity contribution in [1.29, 1.82) is 0 Å². The van der Waals surface area contributed by atoms with E-state index in [0.717, 1.165) is 48.3 Å². The molecule has 2 heteroatoms. The number of allylic oxidation sites excluding steroid dienone is 1. The molecule has 3 unspecified atom stereocenters. The van der Waals surface area contributed by atoms with E-state index in [2.05, 4.69) is 46.8 Å². The number of aliphatic hydroxyl groups excluding tert-OH is 1. The molecule has 3 aliphatic carbocycles. The molecule has 1 fully saturated rings. The highest BCUT2D eigenvalue weighted by molar-refractivity contribution is 6.22. The summed E-state index contributed by atoms with van der Waals surface area (Å²) in [5.74, 6) is 3.94. The number of Topliss-reactive ketones (excluding diaryl/α,β-unsaturated/α-hetero) is 1. The first-order valence-corrected chi connectivity index (χ1v) is 12.3. The molecule has 30 heavy (non-hydrogen) atoms. The molecule has 0 bridgehead atoms. The third-order valence-electron chi connectivity index (χ3n) is 9.39. The molecule has 0 radical (unpaired) electrons. The van der Waals surface area contributed by atoms with Gasteiger partial charge in [0.15, 0.2) is 5.78 Å². The Morgan fingerprint density at radius 3 is 2.53 bits per heavy atom. The van der Waals surface area contributed by atoms with Gasteiger partial charge in [0.25, 0.3) is 0 Å². The average molecular weight is 409 g/mol. The van der Waals surface area contributed by atoms with Crippen LogP contribution in [0, 0.1) is 29.1 Å². The van der Waals surface area contributed by atoms with Crippen LogP contribution in [0.1, 0.15) is 101 Å². The molecule has 0 aliphatic heterocycles. The van der Waals surface area contributed by atoms with E-state index in [0.29, 0.717) is 23.3 Å². The molecular weight excluding hydrogens is 368 g/mol. The largest absolute Gasteiger partial charge is 0.515 e. The highest BCUT2D eigenvalue weighted by Crippen LogP contribution is 2.61. The molecule has 0 spiro atoms. The Morgan fingerprint density at radius 1 is 1.07 bits per heavy atom. The van der Waals surface area contributed by atoms with E-state index in [4.69, 9.17) is 0 Å². The minimum atomic E-state index is 0.0796. The lowest BCUT2D eigenvalue weighted by Gasteiger charge is -2.45. The van der Waals surface area contributed by atoms with Crippen molar-refractivity contribution in [2.75, 3.05) is 0 Å². The Morgan fingerprint density at radius 2 is 1.83 bits per heavy atom. The van der Waals surface area contributed by atoms with E-state index in [1.165, 1.54) is 43.2 Å². The molecule has 0 saturated heterocycles. The first-order chi connectivity index (χ1) is 14.3. The zero-order valence-corrected chi connectivity index (χ0v) is 19.6. The van der Waals surface area contributed by atoms with Crippen LogP contribution in [0.15, 0.2) is 18.4 Å². The quantitative estimate of drug-likeness (QED) is 0.411. The Labute approximate surface area is 183 Å². The summed E-state index contributed by atoms with van der Waals surface area (Å²) in [6.07, 6.45) is 10.2. The summed E-state index contributed by atoms with van der Waals surface area (Å²) in [6.45, 7) is 12.2. The Hall–Kier alpha value is -1.57. The van der Waals surface area contributed by atoms with E-state index < -0.39 is 0 Å². The SMILES string of the molecule is CC(C)[C@@H](C)CC[C@@H](C)C1CCC2c3ccc4c(c3CCC21C)CCC(=O)/C4=C/O. The van der Waals surface area contributed by atoms with Crippen molar-refractivity contribution in [3.63, 3.8) is 0 Å². The predicted molar refractivity (Wildman–Crippen MR) is 125 cm³/mol. The van der Waals surface area contributed by atoms with Crippen LogP contribution in [0.3, 0.4) is 0 Å². The van der Waals surface area contributed by atoms with Crippen molar-refractivity contribution in [1.82, 2.24) is 0 Å². The van der Waals surface area contributed by atoms with Crippen LogP contribution in [-0.4, -0.2) is 10.9 Å². The van der Waals surface area contributed by atoms with Crippen molar-refractivity contribution in [3.8, 4) is 0 Å². The third-order valence-corrected chi connectivity index (χ3v) is 9.39. The minimum Gasteiger partial charge on any atom is -0.515 e. The molecule has 1 aromatic carbocycles. The Kier molecular flexibility index (Phi) is 5.90. The lowest BCUT2D eigenvalue weighted by Crippen LogP contribution is -2.36. The van der Waals surface area contributed by atoms with Crippen LogP contribution in [0.5, 0.6) is 0 Å². The predicted octanol–water partition coefficient (Wildman–Crippen LogP) is 7.26. The van der Waals surface area contributed by atoms with Crippen LogP contribution in [0.25, 0.3) is 5.57 Å². The average Bonchev–Trinajstić information content (AvgIpc) is 3.08. The molecule has 3 aliphatic rings. The fourth-order valence-electron chi connectivity index (χ4n) is 7.06. The molecular formula is C28H40O2. The van der Waals surface area contributed by atoms with Crippen LogP contribution in [-0.2, 0) is 17.6 Å². The number of carbonyl (C=O) groups excluding carboxylic acids is 1. The lowest BCUT2D eigenvalue weighted by atomic mass is 9.59. The van der Waals surface area contributed by atoms with Crippen molar-refractivity contribution >= 4 is 11.4 Å². The smallest absolute Gasteiger partial charge is 0.166 e. The minimum absolute atomic E-state index is 0.0796. The highest BCUT2D eigenvalue weighted by atomic mass is 16.2. The summed E-state index contributed by atoms with van der Waals surface area (Å²) in [6, 6.07) is 4.42. The first-order valence-electron chi connectivity index (χ1n) is 12.3. The maximum Gasteiger partial charge on any atom is 0.166 e. The van der Waals surface area contributed by atoms with Gasteiger partial charge in [-0.3, -0.25) is 4.79 Å². The zero-order chi connectivity index (χ0) is 21.6. The molecule has 1 aromatic rings. The summed E-state index contributed by atoms with van der Waals surface area (Å²) < 4.78 is 0. The van der Waals surface area contributed by atoms with Crippen molar-refractivity contribution < 1.29 is 9.90 Å². The van der Waals surface area contributed by atoms with Crippen LogP contribution >= 0.6 is 0 Å². The number of aliphatic hydroxyl groups is 1. The normalized spacial score (nSPS) is 31.4. The second-order valence-corrected chi connectivity index (χ2v) is 11.1. The summed E-state index contributed by atoms with van der Waals surface area (Å²) in [4.78, 5) is 12.2. The molecule has 164 valence electrons. The monoisotopic (exact) mass is 408 g/mol.